The molecule has 0 fully saturated rings. The number of hydrogen-bond acceptors (Lipinski definition) is 3. The molecule has 0 radical (unpaired) electrons. The van der Waals surface area contributed by atoms with Gasteiger partial charge in [-0.05, 0) is 25.3 Å². The van der Waals surface area contributed by atoms with E-state index in [4.69, 9.17) is 0 Å². The van der Waals surface area contributed by atoms with Gasteiger partial charge in [0.15, 0.2) is 5.82 Å². The van der Waals surface area contributed by atoms with Crippen LogP contribution in [0.2, 0.25) is 0 Å². The number of aryl methyl sites for hydroxylation is 3. The molecule has 0 spiro atoms. The molecule has 0 atom stereocenters. The highest BCUT2D eigenvalue weighted by Gasteiger charge is 2.20. The fourth-order valence-corrected chi connectivity index (χ4v) is 2.45. The molecular formula is C15H15N3O. The van der Waals surface area contributed by atoms with Crippen LogP contribution in [0.25, 0.3) is 11.3 Å². The maximum atomic E-state index is 11.2. The summed E-state index contributed by atoms with van der Waals surface area (Å²) in [7, 11) is 0. The zero-order valence-corrected chi connectivity index (χ0v) is 11.0. The molecule has 4 nitrogen and oxygen atoms in total. The lowest BCUT2D eigenvalue weighted by atomic mass is 9.92. The Hall–Kier alpha value is -2.23. The van der Waals surface area contributed by atoms with Crippen LogP contribution in [-0.2, 0) is 17.6 Å². The number of benzene rings is 1. The Kier molecular flexibility index (Phi) is 2.78. The van der Waals surface area contributed by atoms with Gasteiger partial charge in [0.1, 0.15) is 0 Å². The summed E-state index contributed by atoms with van der Waals surface area (Å²) in [5.74, 6) is 0.458. The third-order valence-corrected chi connectivity index (χ3v) is 3.34. The zero-order valence-electron chi connectivity index (χ0n) is 11.0. The van der Waals surface area contributed by atoms with E-state index in [9.17, 15) is 4.79 Å². The molecule has 19 heavy (non-hydrogen) atoms. The first-order valence-corrected chi connectivity index (χ1v) is 6.38. The van der Waals surface area contributed by atoms with Gasteiger partial charge in [-0.2, -0.15) is 0 Å². The van der Waals surface area contributed by atoms with Crippen molar-refractivity contribution in [3.8, 4) is 11.3 Å². The van der Waals surface area contributed by atoms with E-state index in [2.05, 4.69) is 33.5 Å². The Labute approximate surface area is 111 Å². The Bertz CT molecular complexity index is 664. The third kappa shape index (κ3) is 2.10. The quantitative estimate of drug-likeness (QED) is 0.849. The molecule has 1 aromatic carbocycles. The van der Waals surface area contributed by atoms with Crippen LogP contribution in [0.4, 0.5) is 5.82 Å². The number of amides is 1. The van der Waals surface area contributed by atoms with Gasteiger partial charge in [0, 0.05) is 12.5 Å². The van der Waals surface area contributed by atoms with Crippen molar-refractivity contribution in [1.82, 2.24) is 9.97 Å². The molecule has 3 rings (SSSR count). The second-order valence-corrected chi connectivity index (χ2v) is 4.79. The molecule has 0 bridgehead atoms. The first-order valence-electron chi connectivity index (χ1n) is 6.38. The van der Waals surface area contributed by atoms with E-state index in [0.717, 1.165) is 35.5 Å². The zero-order chi connectivity index (χ0) is 13.4. The molecule has 0 saturated carbocycles. The molecular weight excluding hydrogens is 238 g/mol. The molecule has 1 amide bonds. The van der Waals surface area contributed by atoms with Crippen molar-refractivity contribution in [1.29, 1.82) is 0 Å². The highest BCUT2D eigenvalue weighted by molar-refractivity contribution is 5.88. The van der Waals surface area contributed by atoms with Gasteiger partial charge in [0.05, 0.1) is 17.1 Å². The molecule has 4 heteroatoms. The average molecular weight is 253 g/mol. The second kappa shape index (κ2) is 4.46. The number of fused-ring (bicyclic) bond motifs is 3. The van der Waals surface area contributed by atoms with E-state index in [1.54, 1.807) is 0 Å². The van der Waals surface area contributed by atoms with E-state index >= 15 is 0 Å². The van der Waals surface area contributed by atoms with E-state index in [1.807, 2.05) is 13.0 Å². The maximum Gasteiger partial charge on any atom is 0.222 e. The smallest absolute Gasteiger partial charge is 0.222 e. The van der Waals surface area contributed by atoms with Crippen molar-refractivity contribution >= 4 is 11.7 Å². The minimum atomic E-state index is -0.117. The normalized spacial score (nSPS) is 12.5. The Morgan fingerprint density at radius 1 is 1.21 bits per heavy atom. The monoisotopic (exact) mass is 253 g/mol. The van der Waals surface area contributed by atoms with Crippen LogP contribution in [0, 0.1) is 6.92 Å². The Balaban J connectivity index is 2.12. The number of carbonyl (C=O) groups is 1. The van der Waals surface area contributed by atoms with Crippen LogP contribution in [-0.4, -0.2) is 15.9 Å². The van der Waals surface area contributed by atoms with Crippen LogP contribution in [0.3, 0.4) is 0 Å². The Morgan fingerprint density at radius 2 is 2.00 bits per heavy atom. The summed E-state index contributed by atoms with van der Waals surface area (Å²) in [6.45, 7) is 3.35. The standard InChI is InChI=1S/C15H15N3O/c1-9-15(17-10(2)19)18-13-8-7-11-5-3-4-6-12(11)14(13)16-9/h3-6H,7-8H2,1-2H3,(H,17,18,19). The lowest BCUT2D eigenvalue weighted by Gasteiger charge is -2.19. The van der Waals surface area contributed by atoms with Gasteiger partial charge in [-0.25, -0.2) is 9.97 Å². The molecule has 1 aromatic heterocycles. The average Bonchev–Trinajstić information content (AvgIpc) is 2.39. The van der Waals surface area contributed by atoms with Crippen LogP contribution in [0.15, 0.2) is 24.3 Å². The lowest BCUT2D eigenvalue weighted by Crippen LogP contribution is -2.15. The predicted molar refractivity (Wildman–Crippen MR) is 73.9 cm³/mol. The highest BCUT2D eigenvalue weighted by Crippen LogP contribution is 2.32. The van der Waals surface area contributed by atoms with Crippen molar-refractivity contribution in [2.45, 2.75) is 26.7 Å². The summed E-state index contributed by atoms with van der Waals surface area (Å²) in [6, 6.07) is 8.29. The van der Waals surface area contributed by atoms with Crippen LogP contribution >= 0.6 is 0 Å². The highest BCUT2D eigenvalue weighted by atomic mass is 16.1. The summed E-state index contributed by atoms with van der Waals surface area (Å²) in [6.07, 6.45) is 1.84. The molecule has 1 N–H and O–H groups in total. The Morgan fingerprint density at radius 3 is 2.79 bits per heavy atom. The van der Waals surface area contributed by atoms with Gasteiger partial charge in [0.2, 0.25) is 5.91 Å². The first-order chi connectivity index (χ1) is 9.15. The lowest BCUT2D eigenvalue weighted by molar-refractivity contribution is -0.114. The molecule has 1 aliphatic rings. The fourth-order valence-electron chi connectivity index (χ4n) is 2.45. The molecule has 1 heterocycles. The van der Waals surface area contributed by atoms with Crippen molar-refractivity contribution in [3.05, 3.63) is 41.2 Å². The number of nitrogens with zero attached hydrogens (tertiary/aromatic N) is 2. The van der Waals surface area contributed by atoms with Crippen molar-refractivity contribution in [2.75, 3.05) is 5.32 Å². The number of aromatic nitrogens is 2. The van der Waals surface area contributed by atoms with Crippen LogP contribution in [0.5, 0.6) is 0 Å². The van der Waals surface area contributed by atoms with Crippen molar-refractivity contribution < 1.29 is 4.79 Å². The van der Waals surface area contributed by atoms with E-state index in [0.29, 0.717) is 5.82 Å². The maximum absolute atomic E-state index is 11.2. The first kappa shape index (κ1) is 11.8. The summed E-state index contributed by atoms with van der Waals surface area (Å²) in [4.78, 5) is 20.3. The second-order valence-electron chi connectivity index (χ2n) is 4.79. The molecule has 0 unspecified atom stereocenters. The fraction of sp³-hybridized carbons (Fsp3) is 0.267. The van der Waals surface area contributed by atoms with E-state index < -0.39 is 0 Å². The summed E-state index contributed by atoms with van der Waals surface area (Å²) < 4.78 is 0. The third-order valence-electron chi connectivity index (χ3n) is 3.34. The van der Waals surface area contributed by atoms with Gasteiger partial charge >= 0.3 is 0 Å². The summed E-state index contributed by atoms with van der Waals surface area (Å²) >= 11 is 0. The van der Waals surface area contributed by atoms with Crippen molar-refractivity contribution in [2.24, 2.45) is 0 Å². The van der Waals surface area contributed by atoms with Gasteiger partial charge in [-0.3, -0.25) is 4.79 Å². The van der Waals surface area contributed by atoms with E-state index in [1.165, 1.54) is 12.5 Å². The number of carbonyl (C=O) groups excluding carboxylic acids is 1. The van der Waals surface area contributed by atoms with Crippen molar-refractivity contribution in [3.63, 3.8) is 0 Å². The largest absolute Gasteiger partial charge is 0.309 e. The van der Waals surface area contributed by atoms with Gasteiger partial charge in [-0.15, -0.1) is 0 Å². The molecule has 1 aliphatic carbocycles. The number of hydrogen-bond donors (Lipinski definition) is 1. The minimum Gasteiger partial charge on any atom is -0.309 e. The number of anilines is 1. The van der Waals surface area contributed by atoms with Gasteiger partial charge in [0.25, 0.3) is 0 Å². The number of rotatable bonds is 1. The SMILES string of the molecule is CC(=O)Nc1nc2c(nc1C)-c1ccccc1CC2. The molecule has 0 aliphatic heterocycles. The van der Waals surface area contributed by atoms with Gasteiger partial charge < -0.3 is 5.32 Å². The summed E-state index contributed by atoms with van der Waals surface area (Å²) in [5, 5.41) is 2.73. The minimum absolute atomic E-state index is 0.117. The molecule has 96 valence electrons. The molecule has 2 aromatic rings. The van der Waals surface area contributed by atoms with E-state index in [-0.39, 0.29) is 5.91 Å². The molecule has 0 saturated heterocycles. The van der Waals surface area contributed by atoms with Crippen LogP contribution < -0.4 is 5.32 Å². The number of nitrogens with one attached hydrogen (secondary N) is 1. The van der Waals surface area contributed by atoms with Gasteiger partial charge in [-0.1, -0.05) is 24.3 Å². The topological polar surface area (TPSA) is 54.9 Å². The van der Waals surface area contributed by atoms with Crippen LogP contribution in [0.1, 0.15) is 23.9 Å². The summed E-state index contributed by atoms with van der Waals surface area (Å²) in [5.41, 5.74) is 5.15. The predicted octanol–water partition coefficient (Wildman–Crippen LogP) is 2.51.